The standard InChI is InChI=1S/C11H8FNO2S/c1-6-13-9(10(16-6)11(14)15)7-4-2-3-5-8(7)12/h2-5H,1H3,(H,14,15). The van der Waals surface area contributed by atoms with Crippen LogP contribution in [0.5, 0.6) is 0 Å². The second-order valence-corrected chi connectivity index (χ2v) is 4.40. The van der Waals surface area contributed by atoms with Crippen molar-refractivity contribution in [1.82, 2.24) is 4.98 Å². The topological polar surface area (TPSA) is 50.2 Å². The van der Waals surface area contributed by atoms with Crippen molar-refractivity contribution in [1.29, 1.82) is 0 Å². The monoisotopic (exact) mass is 237 g/mol. The van der Waals surface area contributed by atoms with Gasteiger partial charge in [0.15, 0.2) is 0 Å². The summed E-state index contributed by atoms with van der Waals surface area (Å²) in [4.78, 5) is 15.1. The predicted octanol–water partition coefficient (Wildman–Crippen LogP) is 2.96. The molecule has 1 aromatic heterocycles. The van der Waals surface area contributed by atoms with Crippen molar-refractivity contribution < 1.29 is 14.3 Å². The second-order valence-electron chi connectivity index (χ2n) is 3.20. The van der Waals surface area contributed by atoms with Gasteiger partial charge in [0.05, 0.1) is 10.7 Å². The van der Waals surface area contributed by atoms with E-state index in [1.165, 1.54) is 12.1 Å². The summed E-state index contributed by atoms with van der Waals surface area (Å²) < 4.78 is 13.5. The van der Waals surface area contributed by atoms with Crippen LogP contribution in [0.1, 0.15) is 14.7 Å². The summed E-state index contributed by atoms with van der Waals surface area (Å²) in [5.74, 6) is -1.54. The van der Waals surface area contributed by atoms with E-state index in [1.54, 1.807) is 19.1 Å². The Morgan fingerprint density at radius 2 is 2.12 bits per heavy atom. The van der Waals surface area contributed by atoms with Crippen LogP contribution in [0.15, 0.2) is 24.3 Å². The number of aromatic nitrogens is 1. The van der Waals surface area contributed by atoms with Gasteiger partial charge in [-0.15, -0.1) is 11.3 Å². The van der Waals surface area contributed by atoms with Gasteiger partial charge < -0.3 is 5.11 Å². The molecule has 0 unspecified atom stereocenters. The molecule has 1 heterocycles. The van der Waals surface area contributed by atoms with Crippen LogP contribution < -0.4 is 0 Å². The summed E-state index contributed by atoms with van der Waals surface area (Å²) in [7, 11) is 0. The van der Waals surface area contributed by atoms with E-state index in [0.717, 1.165) is 11.3 Å². The smallest absolute Gasteiger partial charge is 0.348 e. The third kappa shape index (κ3) is 1.81. The predicted molar refractivity (Wildman–Crippen MR) is 59.2 cm³/mol. The number of hydrogen-bond donors (Lipinski definition) is 1. The van der Waals surface area contributed by atoms with Gasteiger partial charge in [-0.3, -0.25) is 0 Å². The molecule has 82 valence electrons. The summed E-state index contributed by atoms with van der Waals surface area (Å²) in [6.45, 7) is 1.70. The van der Waals surface area contributed by atoms with Crippen molar-refractivity contribution >= 4 is 17.3 Å². The molecule has 0 fully saturated rings. The Morgan fingerprint density at radius 3 is 2.75 bits per heavy atom. The second kappa shape index (κ2) is 4.02. The third-order valence-corrected chi connectivity index (χ3v) is 3.02. The maximum Gasteiger partial charge on any atom is 0.348 e. The van der Waals surface area contributed by atoms with Crippen LogP contribution in [0.2, 0.25) is 0 Å². The van der Waals surface area contributed by atoms with Crippen molar-refractivity contribution in [2.24, 2.45) is 0 Å². The normalized spacial score (nSPS) is 10.4. The Balaban J connectivity index is 2.64. The molecule has 0 bridgehead atoms. The molecule has 0 atom stereocenters. The van der Waals surface area contributed by atoms with Crippen LogP contribution in [0.25, 0.3) is 11.3 Å². The highest BCUT2D eigenvalue weighted by molar-refractivity contribution is 7.14. The Labute approximate surface area is 95.2 Å². The van der Waals surface area contributed by atoms with Gasteiger partial charge >= 0.3 is 5.97 Å². The van der Waals surface area contributed by atoms with Crippen LogP contribution in [0.3, 0.4) is 0 Å². The molecule has 2 rings (SSSR count). The lowest BCUT2D eigenvalue weighted by molar-refractivity contribution is 0.0702. The Hall–Kier alpha value is -1.75. The largest absolute Gasteiger partial charge is 0.477 e. The molecule has 1 aromatic carbocycles. The zero-order chi connectivity index (χ0) is 11.7. The molecule has 5 heteroatoms. The van der Waals surface area contributed by atoms with E-state index in [9.17, 15) is 9.18 Å². The van der Waals surface area contributed by atoms with Gasteiger partial charge in [-0.1, -0.05) is 12.1 Å². The number of aromatic carboxylic acids is 1. The first kappa shape index (κ1) is 10.8. The minimum absolute atomic E-state index is 0.0719. The molecule has 1 N–H and O–H groups in total. The average Bonchev–Trinajstić information content (AvgIpc) is 2.61. The molecule has 16 heavy (non-hydrogen) atoms. The summed E-state index contributed by atoms with van der Waals surface area (Å²) in [6, 6.07) is 6.02. The molecule has 0 aliphatic rings. The SMILES string of the molecule is Cc1nc(-c2ccccc2F)c(C(=O)O)s1. The fraction of sp³-hybridized carbons (Fsp3) is 0.0909. The highest BCUT2D eigenvalue weighted by Crippen LogP contribution is 2.29. The third-order valence-electron chi connectivity index (χ3n) is 2.06. The lowest BCUT2D eigenvalue weighted by Crippen LogP contribution is -1.96. The minimum Gasteiger partial charge on any atom is -0.477 e. The van der Waals surface area contributed by atoms with Gasteiger partial charge in [-0.05, 0) is 19.1 Å². The van der Waals surface area contributed by atoms with Gasteiger partial charge in [0.1, 0.15) is 10.7 Å². The first-order chi connectivity index (χ1) is 7.59. The summed E-state index contributed by atoms with van der Waals surface area (Å²) >= 11 is 1.05. The lowest BCUT2D eigenvalue weighted by Gasteiger charge is -2.00. The average molecular weight is 237 g/mol. The molecule has 0 aliphatic heterocycles. The van der Waals surface area contributed by atoms with Gasteiger partial charge in [-0.25, -0.2) is 14.2 Å². The van der Waals surface area contributed by atoms with E-state index in [0.29, 0.717) is 5.01 Å². The summed E-state index contributed by atoms with van der Waals surface area (Å²) in [5, 5.41) is 9.59. The molecule has 0 saturated heterocycles. The van der Waals surface area contributed by atoms with Crippen LogP contribution >= 0.6 is 11.3 Å². The molecular formula is C11H8FNO2S. The molecule has 3 nitrogen and oxygen atoms in total. The Kier molecular flexibility index (Phi) is 2.70. The van der Waals surface area contributed by atoms with Crippen molar-refractivity contribution in [3.05, 3.63) is 40.0 Å². The zero-order valence-electron chi connectivity index (χ0n) is 8.40. The maximum atomic E-state index is 13.5. The van der Waals surface area contributed by atoms with Crippen molar-refractivity contribution in [3.8, 4) is 11.3 Å². The molecule has 0 aliphatic carbocycles. The van der Waals surface area contributed by atoms with E-state index in [-0.39, 0.29) is 16.1 Å². The van der Waals surface area contributed by atoms with Gasteiger partial charge in [0.25, 0.3) is 0 Å². The fourth-order valence-corrected chi connectivity index (χ4v) is 2.18. The van der Waals surface area contributed by atoms with E-state index in [4.69, 9.17) is 5.11 Å². The van der Waals surface area contributed by atoms with Gasteiger partial charge in [0.2, 0.25) is 0 Å². The lowest BCUT2D eigenvalue weighted by atomic mass is 10.1. The van der Waals surface area contributed by atoms with E-state index in [2.05, 4.69) is 4.98 Å². The van der Waals surface area contributed by atoms with Crippen LogP contribution in [0.4, 0.5) is 4.39 Å². The molecule has 2 aromatic rings. The highest BCUT2D eigenvalue weighted by atomic mass is 32.1. The molecule has 0 amide bonds. The number of carboxylic acids is 1. The number of aryl methyl sites for hydroxylation is 1. The van der Waals surface area contributed by atoms with Crippen molar-refractivity contribution in [2.75, 3.05) is 0 Å². The molecule has 0 saturated carbocycles. The van der Waals surface area contributed by atoms with Crippen molar-refractivity contribution in [3.63, 3.8) is 0 Å². The van der Waals surface area contributed by atoms with Gasteiger partial charge in [0, 0.05) is 5.56 Å². The number of carbonyl (C=O) groups is 1. The van der Waals surface area contributed by atoms with E-state index < -0.39 is 11.8 Å². The van der Waals surface area contributed by atoms with E-state index in [1.807, 2.05) is 0 Å². The minimum atomic E-state index is -1.08. The molecule has 0 spiro atoms. The zero-order valence-corrected chi connectivity index (χ0v) is 9.21. The number of rotatable bonds is 2. The number of hydrogen-bond acceptors (Lipinski definition) is 3. The summed E-state index contributed by atoms with van der Waals surface area (Å²) in [6.07, 6.45) is 0. The number of thiazole rings is 1. The van der Waals surface area contributed by atoms with Crippen LogP contribution in [-0.4, -0.2) is 16.1 Å². The summed E-state index contributed by atoms with van der Waals surface area (Å²) in [5.41, 5.74) is 0.428. The van der Waals surface area contributed by atoms with Crippen LogP contribution in [-0.2, 0) is 0 Å². The number of halogens is 1. The number of benzene rings is 1. The number of nitrogens with zero attached hydrogens (tertiary/aromatic N) is 1. The Morgan fingerprint density at radius 1 is 1.44 bits per heavy atom. The van der Waals surface area contributed by atoms with E-state index >= 15 is 0 Å². The van der Waals surface area contributed by atoms with Crippen molar-refractivity contribution in [2.45, 2.75) is 6.92 Å². The fourth-order valence-electron chi connectivity index (χ4n) is 1.41. The first-order valence-corrected chi connectivity index (χ1v) is 5.37. The van der Waals surface area contributed by atoms with Gasteiger partial charge in [-0.2, -0.15) is 0 Å². The highest BCUT2D eigenvalue weighted by Gasteiger charge is 2.19. The maximum absolute atomic E-state index is 13.5. The van der Waals surface area contributed by atoms with Crippen LogP contribution in [0, 0.1) is 12.7 Å². The first-order valence-electron chi connectivity index (χ1n) is 4.55. The quantitative estimate of drug-likeness (QED) is 0.873. The Bertz CT molecular complexity index is 551. The number of carboxylic acid groups (broad SMARTS) is 1. The molecular weight excluding hydrogens is 229 g/mol. The molecule has 0 radical (unpaired) electrons.